The maximum absolute atomic E-state index is 14.6. The number of carbonyl (C=O) groups is 4. The van der Waals surface area contributed by atoms with Gasteiger partial charge in [-0.05, 0) is 51.5 Å². The number of allylic oxidation sites excluding steroid dienone is 1. The Bertz CT molecular complexity index is 1290. The van der Waals surface area contributed by atoms with Crippen molar-refractivity contribution in [2.75, 3.05) is 19.8 Å². The van der Waals surface area contributed by atoms with Crippen molar-refractivity contribution in [2.45, 2.75) is 102 Å². The van der Waals surface area contributed by atoms with Crippen molar-refractivity contribution in [1.29, 1.82) is 0 Å². The molecule has 0 aliphatic carbocycles. The van der Waals surface area contributed by atoms with Gasteiger partial charge in [-0.15, -0.1) is 13.2 Å². The van der Waals surface area contributed by atoms with Crippen molar-refractivity contribution in [3.63, 3.8) is 0 Å². The van der Waals surface area contributed by atoms with Crippen molar-refractivity contribution in [3.8, 4) is 0 Å². The molecule has 3 aliphatic rings. The highest BCUT2D eigenvalue weighted by molar-refractivity contribution is 5.99. The Morgan fingerprint density at radius 2 is 1.91 bits per heavy atom. The number of benzene rings is 1. The number of nitrogens with zero attached hydrogens (tertiary/aromatic N) is 2. The fraction of sp³-hybridized carbons (Fsp3) is 0.611. The van der Waals surface area contributed by atoms with E-state index in [9.17, 15) is 24.3 Å². The summed E-state index contributed by atoms with van der Waals surface area (Å²) in [6, 6.07) is 6.93. The second kappa shape index (κ2) is 14.5. The minimum Gasteiger partial charge on any atom is -0.463 e. The van der Waals surface area contributed by atoms with Crippen LogP contribution in [0.2, 0.25) is 0 Å². The molecule has 2 N–H and O–H groups in total. The van der Waals surface area contributed by atoms with E-state index in [-0.39, 0.29) is 43.9 Å². The molecular formula is C36H51N3O7. The molecule has 3 amide bonds. The van der Waals surface area contributed by atoms with E-state index in [1.165, 1.54) is 0 Å². The third-order valence-corrected chi connectivity index (χ3v) is 9.99. The van der Waals surface area contributed by atoms with E-state index < -0.39 is 59.1 Å². The van der Waals surface area contributed by atoms with E-state index in [1.807, 2.05) is 65.0 Å². The van der Waals surface area contributed by atoms with Crippen LogP contribution in [0.5, 0.6) is 0 Å². The molecule has 10 nitrogen and oxygen atoms in total. The van der Waals surface area contributed by atoms with Gasteiger partial charge in [0, 0.05) is 18.5 Å². The Labute approximate surface area is 273 Å². The number of fused-ring (bicyclic) bond motifs is 1. The molecule has 1 aromatic rings. The monoisotopic (exact) mass is 637 g/mol. The lowest BCUT2D eigenvalue weighted by molar-refractivity contribution is -0.155. The van der Waals surface area contributed by atoms with Gasteiger partial charge in [-0.25, -0.2) is 0 Å². The molecule has 0 saturated carbocycles. The van der Waals surface area contributed by atoms with Gasteiger partial charge in [-0.2, -0.15) is 0 Å². The zero-order valence-electron chi connectivity index (χ0n) is 27.9. The van der Waals surface area contributed by atoms with E-state index in [0.29, 0.717) is 25.7 Å². The first-order valence-electron chi connectivity index (χ1n) is 16.5. The van der Waals surface area contributed by atoms with Crippen molar-refractivity contribution in [3.05, 3.63) is 61.2 Å². The van der Waals surface area contributed by atoms with E-state index in [4.69, 9.17) is 9.47 Å². The van der Waals surface area contributed by atoms with Crippen molar-refractivity contribution in [2.24, 2.45) is 17.8 Å². The van der Waals surface area contributed by atoms with E-state index in [1.54, 1.807) is 22.0 Å². The fourth-order valence-electron chi connectivity index (χ4n) is 7.46. The van der Waals surface area contributed by atoms with E-state index in [2.05, 4.69) is 18.5 Å². The molecule has 1 aromatic carbocycles. The number of hydrogen-bond donors (Lipinski definition) is 2. The second-order valence-corrected chi connectivity index (χ2v) is 13.8. The lowest BCUT2D eigenvalue weighted by Gasteiger charge is -2.44. The summed E-state index contributed by atoms with van der Waals surface area (Å²) < 4.78 is 12.2. The maximum atomic E-state index is 14.6. The maximum Gasteiger partial charge on any atom is 0.306 e. The van der Waals surface area contributed by atoms with Gasteiger partial charge in [0.25, 0.3) is 0 Å². The predicted molar refractivity (Wildman–Crippen MR) is 174 cm³/mol. The third kappa shape index (κ3) is 6.65. The summed E-state index contributed by atoms with van der Waals surface area (Å²) >= 11 is 0. The quantitative estimate of drug-likeness (QED) is 0.220. The summed E-state index contributed by atoms with van der Waals surface area (Å²) in [6.07, 6.45) is 5.04. The Morgan fingerprint density at radius 3 is 2.50 bits per heavy atom. The van der Waals surface area contributed by atoms with Gasteiger partial charge in [-0.3, -0.25) is 19.2 Å². The van der Waals surface area contributed by atoms with Crippen LogP contribution in [-0.4, -0.2) is 87.7 Å². The first-order chi connectivity index (χ1) is 21.9. The van der Waals surface area contributed by atoms with Gasteiger partial charge >= 0.3 is 5.97 Å². The first kappa shape index (κ1) is 35.4. The van der Waals surface area contributed by atoms with Gasteiger partial charge in [-0.1, -0.05) is 62.8 Å². The van der Waals surface area contributed by atoms with Gasteiger partial charge in [0.05, 0.1) is 36.6 Å². The van der Waals surface area contributed by atoms with Crippen LogP contribution >= 0.6 is 0 Å². The number of nitrogens with one attached hydrogen (secondary N) is 1. The van der Waals surface area contributed by atoms with Crippen LogP contribution in [0, 0.1) is 17.8 Å². The average molecular weight is 638 g/mol. The number of likely N-dealkylation sites (tertiary alicyclic amines) is 1. The molecule has 46 heavy (non-hydrogen) atoms. The minimum absolute atomic E-state index is 0.0797. The van der Waals surface area contributed by atoms with Gasteiger partial charge in [0.15, 0.2) is 0 Å². The van der Waals surface area contributed by atoms with E-state index in [0.717, 1.165) is 5.56 Å². The predicted octanol–water partition coefficient (Wildman–Crippen LogP) is 3.95. The van der Waals surface area contributed by atoms with Crippen molar-refractivity contribution < 1.29 is 33.8 Å². The summed E-state index contributed by atoms with van der Waals surface area (Å²) in [4.78, 5) is 59.1. The molecule has 0 unspecified atom stereocenters. The third-order valence-electron chi connectivity index (χ3n) is 9.99. The Balaban J connectivity index is 1.71. The number of aliphatic hydroxyl groups is 1. The summed E-state index contributed by atoms with van der Waals surface area (Å²) in [5.74, 6) is -3.29. The smallest absolute Gasteiger partial charge is 0.306 e. The van der Waals surface area contributed by atoms with Crippen molar-refractivity contribution >= 4 is 23.7 Å². The molecule has 10 heteroatoms. The number of ether oxygens (including phenoxy) is 2. The number of amides is 3. The molecule has 252 valence electrons. The SMILES string of the molecule is C=CCCC(=O)OC[C@H](NC(=O)[C@@H]1[C@@H]2CC[C@]3(O2)[C@H](C(=O)N(CC=C)C(C)(C)C)N([C@@H](CO)[C@@H](C)CC)C(=O)[C@@H]13)c1ccccc1. The van der Waals surface area contributed by atoms with Gasteiger partial charge < -0.3 is 29.7 Å². The zero-order chi connectivity index (χ0) is 33.8. The summed E-state index contributed by atoms with van der Waals surface area (Å²) in [6.45, 7) is 17.1. The largest absolute Gasteiger partial charge is 0.463 e. The number of rotatable bonds is 15. The van der Waals surface area contributed by atoms with Gasteiger partial charge in [0.2, 0.25) is 17.7 Å². The van der Waals surface area contributed by atoms with Crippen LogP contribution in [0.1, 0.15) is 78.3 Å². The van der Waals surface area contributed by atoms with Crippen LogP contribution in [0.25, 0.3) is 0 Å². The van der Waals surface area contributed by atoms with Crippen LogP contribution in [-0.2, 0) is 28.7 Å². The zero-order valence-corrected chi connectivity index (χ0v) is 27.9. The molecule has 8 atom stereocenters. The average Bonchev–Trinajstić information content (AvgIpc) is 3.68. The van der Waals surface area contributed by atoms with Crippen LogP contribution in [0.15, 0.2) is 55.6 Å². The molecule has 0 aromatic heterocycles. The molecule has 4 rings (SSSR count). The van der Waals surface area contributed by atoms with Crippen LogP contribution in [0.4, 0.5) is 0 Å². The normalized spacial score (nSPS) is 27.0. The molecule has 1 spiro atoms. The molecule has 3 fully saturated rings. The second-order valence-electron chi connectivity index (χ2n) is 13.8. The molecule has 0 radical (unpaired) electrons. The minimum atomic E-state index is -1.22. The molecule has 3 saturated heterocycles. The molecular weight excluding hydrogens is 586 g/mol. The molecule has 3 aliphatic heterocycles. The number of aliphatic hydroxyl groups excluding tert-OH is 1. The standard InChI is InChI=1S/C36H51N3O7/c1-8-11-17-28(41)45-22-25(24-15-13-12-14-16-24)37-32(42)29-27-18-19-36(46-27)30(29)33(43)39(26(21-40)23(4)10-3)31(36)34(44)38(20-9-2)35(5,6)7/h8-9,12-16,23,25-27,29-31,40H,1-2,10-11,17-22H2,3-7H3,(H,37,42)/t23-,25-,26-,27-,29+,30+,31-,36+/m0/s1. The Hall–Kier alpha value is -3.50. The number of hydrogen-bond acceptors (Lipinski definition) is 7. The van der Waals surface area contributed by atoms with Gasteiger partial charge in [0.1, 0.15) is 18.2 Å². The highest BCUT2D eigenvalue weighted by Crippen LogP contribution is 2.59. The number of carbonyl (C=O) groups excluding carboxylic acids is 4. The van der Waals surface area contributed by atoms with Crippen molar-refractivity contribution in [1.82, 2.24) is 15.1 Å². The number of esters is 1. The summed E-state index contributed by atoms with van der Waals surface area (Å²) in [7, 11) is 0. The fourth-order valence-corrected chi connectivity index (χ4v) is 7.46. The van der Waals surface area contributed by atoms with Crippen LogP contribution < -0.4 is 5.32 Å². The highest BCUT2D eigenvalue weighted by Gasteiger charge is 2.75. The molecule has 2 bridgehead atoms. The lowest BCUT2D eigenvalue weighted by atomic mass is 9.70. The Morgan fingerprint density at radius 1 is 1.22 bits per heavy atom. The lowest BCUT2D eigenvalue weighted by Crippen LogP contribution is -2.62. The molecule has 3 heterocycles. The summed E-state index contributed by atoms with van der Waals surface area (Å²) in [5, 5.41) is 13.7. The van der Waals surface area contributed by atoms with E-state index >= 15 is 0 Å². The topological polar surface area (TPSA) is 125 Å². The first-order valence-corrected chi connectivity index (χ1v) is 16.5. The Kier molecular flexibility index (Phi) is 11.2. The highest BCUT2D eigenvalue weighted by atomic mass is 16.5. The van der Waals surface area contributed by atoms with Crippen LogP contribution in [0.3, 0.4) is 0 Å². The summed E-state index contributed by atoms with van der Waals surface area (Å²) in [5.41, 5.74) is -1.05.